The highest BCUT2D eigenvalue weighted by atomic mass is 16.6. The molecule has 15 nitrogen and oxygen atoms in total. The van der Waals surface area contributed by atoms with Crippen molar-refractivity contribution >= 4 is 46.8 Å². The number of nitrogens with zero attached hydrogens (tertiary/aromatic N) is 3. The van der Waals surface area contributed by atoms with Crippen molar-refractivity contribution in [2.24, 2.45) is 18.4 Å². The Morgan fingerprint density at radius 3 is 1.83 bits per heavy atom. The van der Waals surface area contributed by atoms with Gasteiger partial charge in [0.1, 0.15) is 34.9 Å². The number of rotatable bonds is 17. The number of alkyl carbamates (subject to hydrolysis) is 1. The van der Waals surface area contributed by atoms with Crippen LogP contribution in [-0.4, -0.2) is 112 Å². The van der Waals surface area contributed by atoms with Crippen molar-refractivity contribution in [2.45, 2.75) is 183 Å². The van der Waals surface area contributed by atoms with Gasteiger partial charge in [0.15, 0.2) is 0 Å². The highest BCUT2D eigenvalue weighted by molar-refractivity contribution is 5.97. The van der Waals surface area contributed by atoms with Gasteiger partial charge in [-0.15, -0.1) is 0 Å². The number of fused-ring (bicyclic) bond motifs is 1. The first-order valence-corrected chi connectivity index (χ1v) is 22.7. The van der Waals surface area contributed by atoms with E-state index in [1.807, 2.05) is 90.5 Å². The summed E-state index contributed by atoms with van der Waals surface area (Å²) in [6, 6.07) is 4.07. The molecule has 65 heavy (non-hydrogen) atoms. The molecule has 1 aromatic carbocycles. The first kappa shape index (κ1) is 56.1. The minimum Gasteiger partial charge on any atom is -0.458 e. The van der Waals surface area contributed by atoms with Crippen LogP contribution < -0.4 is 16.0 Å². The van der Waals surface area contributed by atoms with Crippen molar-refractivity contribution in [3.05, 3.63) is 47.7 Å². The Kier molecular flexibility index (Phi) is 18.9. The summed E-state index contributed by atoms with van der Waals surface area (Å²) in [4.78, 5) is 85.6. The average molecular weight is 911 g/mol. The second kappa shape index (κ2) is 21.9. The Morgan fingerprint density at radius 2 is 1.31 bits per heavy atom. The third-order valence-electron chi connectivity index (χ3n) is 10.8. The van der Waals surface area contributed by atoms with E-state index in [0.717, 1.165) is 16.5 Å². The number of carbonyl (C=O) groups is 6. The van der Waals surface area contributed by atoms with E-state index in [-0.39, 0.29) is 17.9 Å². The summed E-state index contributed by atoms with van der Waals surface area (Å²) in [5, 5.41) is 9.55. The molecule has 2 aromatic rings. The number of carbonyl (C=O) groups excluding carboxylic acids is 6. The van der Waals surface area contributed by atoms with E-state index in [0.29, 0.717) is 19.4 Å². The monoisotopic (exact) mass is 911 g/mol. The van der Waals surface area contributed by atoms with E-state index in [1.54, 1.807) is 82.4 Å². The van der Waals surface area contributed by atoms with Crippen LogP contribution >= 0.6 is 0 Å². The maximum Gasteiger partial charge on any atom is 0.410 e. The van der Waals surface area contributed by atoms with Crippen molar-refractivity contribution < 1.29 is 43.0 Å². The van der Waals surface area contributed by atoms with Gasteiger partial charge in [-0.2, -0.15) is 0 Å². The van der Waals surface area contributed by atoms with Crippen LogP contribution in [0.1, 0.15) is 143 Å². The Hall–Kier alpha value is -5.08. The van der Waals surface area contributed by atoms with E-state index in [9.17, 15) is 28.8 Å². The van der Waals surface area contributed by atoms with Gasteiger partial charge in [-0.1, -0.05) is 72.7 Å². The number of hydrogen-bond acceptors (Lipinski definition) is 9. The molecule has 5 amide bonds. The predicted octanol–water partition coefficient (Wildman–Crippen LogP) is 8.17. The number of amides is 5. The maximum absolute atomic E-state index is 14.9. The van der Waals surface area contributed by atoms with Crippen molar-refractivity contribution in [3.63, 3.8) is 0 Å². The van der Waals surface area contributed by atoms with Crippen LogP contribution in [0, 0.1) is 11.3 Å². The maximum atomic E-state index is 14.9. The molecule has 1 heterocycles. The summed E-state index contributed by atoms with van der Waals surface area (Å²) in [6.07, 6.45) is 3.70. The summed E-state index contributed by atoms with van der Waals surface area (Å²) < 4.78 is 18.7. The quantitative estimate of drug-likeness (QED) is 0.0612. The molecule has 366 valence electrons. The second-order valence-corrected chi connectivity index (χ2v) is 22.2. The highest BCUT2D eigenvalue weighted by Gasteiger charge is 2.47. The third kappa shape index (κ3) is 16.7. The number of ether oxygens (including phenoxy) is 3. The molecule has 1 aromatic heterocycles. The molecule has 0 fully saturated rings. The van der Waals surface area contributed by atoms with E-state index >= 15 is 0 Å². The van der Waals surface area contributed by atoms with Crippen LogP contribution in [0.25, 0.3) is 10.9 Å². The topological polar surface area (TPSA) is 178 Å². The molecule has 0 aliphatic carbocycles. The van der Waals surface area contributed by atoms with Gasteiger partial charge in [0, 0.05) is 55.8 Å². The van der Waals surface area contributed by atoms with E-state index in [4.69, 9.17) is 14.2 Å². The van der Waals surface area contributed by atoms with Crippen LogP contribution in [0.3, 0.4) is 0 Å². The standard InChI is InChI=1S/C50H82N6O9/c1-31(2)37(29-32(3)40(57)52-35(43(60)63-47(7,8)9)26-23-24-28-51-44(61)64-48(10,11)12)55(19)42(59)38(46(4,5)6)53-41(58)39(56(20)45(62)65-49(13,14)15)50(16,17)34-30-54(18)36-27-22-21-25-33(34)36/h21-22,25,27,29-31,35,37-39H,23-24,26,28H2,1-20H3,(H,51,61)(H,52,57)(H,53,58)/b32-29+/t35-,37+,38?,39+/m0/s1. The fourth-order valence-electron chi connectivity index (χ4n) is 7.61. The number of hydrogen-bond donors (Lipinski definition) is 3. The zero-order valence-corrected chi connectivity index (χ0v) is 43.2. The lowest BCUT2D eigenvalue weighted by Crippen LogP contribution is -2.63. The van der Waals surface area contributed by atoms with Gasteiger partial charge in [-0.25, -0.2) is 14.4 Å². The number of para-hydroxylation sites is 1. The van der Waals surface area contributed by atoms with Crippen LogP contribution in [0.15, 0.2) is 42.1 Å². The van der Waals surface area contributed by atoms with Gasteiger partial charge in [0.05, 0.1) is 6.04 Å². The van der Waals surface area contributed by atoms with Gasteiger partial charge in [0.2, 0.25) is 17.7 Å². The van der Waals surface area contributed by atoms with Gasteiger partial charge >= 0.3 is 18.2 Å². The number of likely N-dealkylation sites (N-methyl/N-ethyl adjacent to an activating group) is 2. The molecule has 0 bridgehead atoms. The molecular formula is C50H82N6O9. The fourth-order valence-corrected chi connectivity index (χ4v) is 7.61. The van der Waals surface area contributed by atoms with Crippen LogP contribution in [0.2, 0.25) is 0 Å². The number of nitrogens with one attached hydrogen (secondary N) is 3. The minimum absolute atomic E-state index is 0.182. The average Bonchev–Trinajstić information content (AvgIpc) is 3.48. The van der Waals surface area contributed by atoms with E-state index in [2.05, 4.69) is 16.0 Å². The largest absolute Gasteiger partial charge is 0.458 e. The van der Waals surface area contributed by atoms with Crippen LogP contribution in [0.5, 0.6) is 0 Å². The highest BCUT2D eigenvalue weighted by Crippen LogP contribution is 2.37. The number of aryl methyl sites for hydroxylation is 1. The van der Waals surface area contributed by atoms with E-state index < -0.39 is 87.7 Å². The van der Waals surface area contributed by atoms with Crippen LogP contribution in [-0.2, 0) is 45.9 Å². The van der Waals surface area contributed by atoms with Crippen LogP contribution in [0.4, 0.5) is 9.59 Å². The Morgan fingerprint density at radius 1 is 0.754 bits per heavy atom. The van der Waals surface area contributed by atoms with Gasteiger partial charge in [0.25, 0.3) is 0 Å². The number of benzene rings is 1. The Bertz CT molecular complexity index is 2020. The molecule has 0 saturated heterocycles. The fraction of sp³-hybridized carbons (Fsp3) is 0.680. The first-order chi connectivity index (χ1) is 29.5. The molecule has 0 spiro atoms. The molecule has 0 radical (unpaired) electrons. The third-order valence-corrected chi connectivity index (χ3v) is 10.8. The lowest BCUT2D eigenvalue weighted by Gasteiger charge is -2.42. The van der Waals surface area contributed by atoms with Crippen molar-refractivity contribution in [3.8, 4) is 0 Å². The van der Waals surface area contributed by atoms with E-state index in [1.165, 1.54) is 16.8 Å². The van der Waals surface area contributed by atoms with Crippen molar-refractivity contribution in [2.75, 3.05) is 20.6 Å². The van der Waals surface area contributed by atoms with Gasteiger partial charge < -0.3 is 39.6 Å². The van der Waals surface area contributed by atoms with Crippen molar-refractivity contribution in [1.29, 1.82) is 0 Å². The first-order valence-electron chi connectivity index (χ1n) is 22.7. The molecular weight excluding hydrogens is 829 g/mol. The summed E-state index contributed by atoms with van der Waals surface area (Å²) in [5.74, 6) is -2.22. The lowest BCUT2D eigenvalue weighted by atomic mass is 9.76. The molecule has 0 aliphatic heterocycles. The zero-order chi connectivity index (χ0) is 50.2. The molecule has 4 atom stereocenters. The number of aromatic nitrogens is 1. The Balaban J connectivity index is 2.47. The summed E-state index contributed by atoms with van der Waals surface area (Å²) in [7, 11) is 5.11. The predicted molar refractivity (Wildman–Crippen MR) is 256 cm³/mol. The molecule has 15 heteroatoms. The smallest absolute Gasteiger partial charge is 0.410 e. The van der Waals surface area contributed by atoms with Gasteiger partial charge in [-0.05, 0) is 111 Å². The molecule has 2 rings (SSSR count). The minimum atomic E-state index is -1.13. The Labute approximate surface area is 389 Å². The molecule has 1 unspecified atom stereocenters. The molecule has 0 saturated carbocycles. The van der Waals surface area contributed by atoms with Crippen molar-refractivity contribution in [1.82, 2.24) is 30.3 Å². The lowest BCUT2D eigenvalue weighted by molar-refractivity contribution is -0.158. The summed E-state index contributed by atoms with van der Waals surface area (Å²) in [5.41, 5.74) is -2.00. The number of unbranched alkanes of at least 4 members (excludes halogenated alkanes) is 1. The summed E-state index contributed by atoms with van der Waals surface area (Å²) in [6.45, 7) is 31.0. The molecule has 0 aliphatic rings. The molecule has 3 N–H and O–H groups in total. The summed E-state index contributed by atoms with van der Waals surface area (Å²) >= 11 is 0. The second-order valence-electron chi connectivity index (χ2n) is 22.2. The number of esters is 1. The van der Waals surface area contributed by atoms with Gasteiger partial charge in [-0.3, -0.25) is 19.3 Å². The zero-order valence-electron chi connectivity index (χ0n) is 43.2. The SMILES string of the molecule is C/C(=C\[C@H](C(C)C)N(C)C(=O)C(NC(=O)[C@@H](N(C)C(=O)OC(C)(C)C)C(C)(C)c1cn(C)c2ccccc12)C(C)(C)C)C(=O)N[C@@H](CCCCNC(=O)OC(C)(C)C)C(=O)OC(C)(C)C. The normalized spacial score (nSPS) is 14.8.